The Morgan fingerprint density at radius 3 is 2.97 bits per heavy atom. The number of thiazole rings is 1. The minimum atomic E-state index is -0.0669. The molecule has 0 bridgehead atoms. The molecule has 1 atom stereocenters. The highest BCUT2D eigenvalue weighted by Crippen LogP contribution is 2.12. The van der Waals surface area contributed by atoms with Crippen LogP contribution < -0.4 is 10.6 Å². The van der Waals surface area contributed by atoms with Crippen LogP contribution in [0.25, 0.3) is 0 Å². The van der Waals surface area contributed by atoms with Gasteiger partial charge in [0.25, 0.3) is 5.91 Å². The van der Waals surface area contributed by atoms with Gasteiger partial charge in [0.1, 0.15) is 0 Å². The van der Waals surface area contributed by atoms with E-state index in [1.165, 1.54) is 0 Å². The van der Waals surface area contributed by atoms with Crippen molar-refractivity contribution in [2.45, 2.75) is 39.0 Å². The normalized spacial score (nSPS) is 16.7. The summed E-state index contributed by atoms with van der Waals surface area (Å²) >= 11 is 1.65. The van der Waals surface area contributed by atoms with Gasteiger partial charge in [0.05, 0.1) is 23.4 Å². The summed E-state index contributed by atoms with van der Waals surface area (Å²) in [6.07, 6.45) is 2.22. The molecule has 2 aromatic rings. The molecule has 0 spiro atoms. The SMILES string of the molecule is CN=C(NCc1cccc(C(=O)NCC2CCCO2)c1)N(C)Cc1csc(C)n1. The summed E-state index contributed by atoms with van der Waals surface area (Å²) < 4.78 is 5.56. The molecule has 156 valence electrons. The van der Waals surface area contributed by atoms with E-state index in [9.17, 15) is 4.79 Å². The number of carbonyl (C=O) groups is 1. The van der Waals surface area contributed by atoms with E-state index in [1.54, 1.807) is 18.4 Å². The summed E-state index contributed by atoms with van der Waals surface area (Å²) in [5, 5.41) is 9.45. The van der Waals surface area contributed by atoms with Gasteiger partial charge in [0.2, 0.25) is 0 Å². The van der Waals surface area contributed by atoms with Gasteiger partial charge in [-0.05, 0) is 37.5 Å². The van der Waals surface area contributed by atoms with E-state index in [0.29, 0.717) is 25.2 Å². The number of hydrogen-bond acceptors (Lipinski definition) is 5. The molecule has 29 heavy (non-hydrogen) atoms. The molecule has 0 radical (unpaired) electrons. The van der Waals surface area contributed by atoms with E-state index in [4.69, 9.17) is 4.74 Å². The highest BCUT2D eigenvalue weighted by atomic mass is 32.1. The molecule has 0 aliphatic carbocycles. The van der Waals surface area contributed by atoms with Gasteiger partial charge < -0.3 is 20.3 Å². The van der Waals surface area contributed by atoms with Crippen LogP contribution in [0.15, 0.2) is 34.6 Å². The third kappa shape index (κ3) is 6.27. The molecular weight excluding hydrogens is 386 g/mol. The van der Waals surface area contributed by atoms with Crippen LogP contribution >= 0.6 is 11.3 Å². The first-order chi connectivity index (χ1) is 14.0. The van der Waals surface area contributed by atoms with Crippen LogP contribution in [-0.4, -0.2) is 55.1 Å². The van der Waals surface area contributed by atoms with Crippen molar-refractivity contribution in [2.75, 3.05) is 27.2 Å². The maximum absolute atomic E-state index is 12.4. The van der Waals surface area contributed by atoms with Crippen molar-refractivity contribution in [3.05, 3.63) is 51.5 Å². The Morgan fingerprint density at radius 2 is 2.28 bits per heavy atom. The Balaban J connectivity index is 1.52. The molecule has 7 nitrogen and oxygen atoms in total. The predicted molar refractivity (Wildman–Crippen MR) is 116 cm³/mol. The smallest absolute Gasteiger partial charge is 0.251 e. The van der Waals surface area contributed by atoms with Crippen molar-refractivity contribution >= 4 is 23.2 Å². The number of hydrogen-bond donors (Lipinski definition) is 2. The van der Waals surface area contributed by atoms with Crippen LogP contribution in [0.2, 0.25) is 0 Å². The first kappa shape index (κ1) is 21.3. The van der Waals surface area contributed by atoms with Crippen LogP contribution in [0.3, 0.4) is 0 Å². The van der Waals surface area contributed by atoms with Crippen LogP contribution in [0.1, 0.15) is 39.5 Å². The lowest BCUT2D eigenvalue weighted by Gasteiger charge is -2.21. The van der Waals surface area contributed by atoms with Gasteiger partial charge in [0, 0.05) is 44.7 Å². The van der Waals surface area contributed by atoms with Crippen molar-refractivity contribution in [3.8, 4) is 0 Å². The summed E-state index contributed by atoms with van der Waals surface area (Å²) in [5.74, 6) is 0.714. The number of ether oxygens (including phenoxy) is 1. The molecule has 2 N–H and O–H groups in total. The summed E-state index contributed by atoms with van der Waals surface area (Å²) in [4.78, 5) is 23.3. The van der Waals surface area contributed by atoms with Gasteiger partial charge in [0.15, 0.2) is 5.96 Å². The molecule has 8 heteroatoms. The summed E-state index contributed by atoms with van der Waals surface area (Å²) in [6.45, 7) is 4.63. The van der Waals surface area contributed by atoms with Gasteiger partial charge in [-0.25, -0.2) is 4.98 Å². The maximum Gasteiger partial charge on any atom is 0.251 e. The fraction of sp³-hybridized carbons (Fsp3) is 0.476. The lowest BCUT2D eigenvalue weighted by molar-refractivity contribution is 0.0857. The Labute approximate surface area is 176 Å². The third-order valence-corrected chi connectivity index (χ3v) is 5.62. The fourth-order valence-electron chi connectivity index (χ4n) is 3.30. The number of amides is 1. The summed E-state index contributed by atoms with van der Waals surface area (Å²) in [5.41, 5.74) is 2.71. The van der Waals surface area contributed by atoms with Crippen LogP contribution in [0, 0.1) is 6.92 Å². The fourth-order valence-corrected chi connectivity index (χ4v) is 3.90. The Hall–Kier alpha value is -2.45. The van der Waals surface area contributed by atoms with Crippen molar-refractivity contribution in [3.63, 3.8) is 0 Å². The number of nitrogens with one attached hydrogen (secondary N) is 2. The molecule has 3 rings (SSSR count). The first-order valence-corrected chi connectivity index (χ1v) is 10.7. The molecule has 0 saturated carbocycles. The van der Waals surface area contributed by atoms with E-state index < -0.39 is 0 Å². The third-order valence-electron chi connectivity index (χ3n) is 4.79. The summed E-state index contributed by atoms with van der Waals surface area (Å²) in [6, 6.07) is 7.65. The molecular formula is C21H29N5O2S. The number of aromatic nitrogens is 1. The second-order valence-electron chi connectivity index (χ2n) is 7.16. The Bertz CT molecular complexity index is 845. The number of guanidine groups is 1. The molecule has 1 fully saturated rings. The van der Waals surface area contributed by atoms with Crippen molar-refractivity contribution in [1.29, 1.82) is 0 Å². The van der Waals surface area contributed by atoms with Crippen LogP contribution in [0.4, 0.5) is 0 Å². The molecule has 1 aromatic heterocycles. The minimum absolute atomic E-state index is 0.0669. The lowest BCUT2D eigenvalue weighted by atomic mass is 10.1. The zero-order chi connectivity index (χ0) is 20.6. The van der Waals surface area contributed by atoms with Crippen LogP contribution in [-0.2, 0) is 17.8 Å². The van der Waals surface area contributed by atoms with Gasteiger partial charge in [-0.1, -0.05) is 12.1 Å². The number of nitrogens with zero attached hydrogens (tertiary/aromatic N) is 3. The maximum atomic E-state index is 12.4. The monoisotopic (exact) mass is 415 g/mol. The largest absolute Gasteiger partial charge is 0.376 e. The van der Waals surface area contributed by atoms with Gasteiger partial charge in [-0.2, -0.15) is 0 Å². The van der Waals surface area contributed by atoms with Gasteiger partial charge >= 0.3 is 0 Å². The molecule has 2 heterocycles. The first-order valence-electron chi connectivity index (χ1n) is 9.86. The van der Waals surface area contributed by atoms with E-state index in [-0.39, 0.29) is 12.0 Å². The second kappa shape index (κ2) is 10.4. The molecule has 1 aliphatic rings. The van der Waals surface area contributed by atoms with Gasteiger partial charge in [-0.3, -0.25) is 9.79 Å². The average molecular weight is 416 g/mol. The Morgan fingerprint density at radius 1 is 1.41 bits per heavy atom. The molecule has 1 unspecified atom stereocenters. The van der Waals surface area contributed by atoms with E-state index in [2.05, 4.69) is 26.0 Å². The van der Waals surface area contributed by atoms with Crippen molar-refractivity contribution in [1.82, 2.24) is 20.5 Å². The molecule has 1 amide bonds. The van der Waals surface area contributed by atoms with Crippen molar-refractivity contribution < 1.29 is 9.53 Å². The highest BCUT2D eigenvalue weighted by Gasteiger charge is 2.17. The van der Waals surface area contributed by atoms with Crippen molar-refractivity contribution in [2.24, 2.45) is 4.99 Å². The van der Waals surface area contributed by atoms with E-state index in [1.807, 2.05) is 43.1 Å². The van der Waals surface area contributed by atoms with E-state index >= 15 is 0 Å². The number of carbonyl (C=O) groups excluding carboxylic acids is 1. The number of aliphatic imine (C=N–C) groups is 1. The average Bonchev–Trinajstić information content (AvgIpc) is 3.38. The topological polar surface area (TPSA) is 78.8 Å². The number of benzene rings is 1. The number of aryl methyl sites for hydroxylation is 1. The summed E-state index contributed by atoms with van der Waals surface area (Å²) in [7, 11) is 3.75. The van der Waals surface area contributed by atoms with Gasteiger partial charge in [-0.15, -0.1) is 11.3 Å². The quantitative estimate of drug-likeness (QED) is 0.537. The highest BCUT2D eigenvalue weighted by molar-refractivity contribution is 7.09. The predicted octanol–water partition coefficient (Wildman–Crippen LogP) is 2.57. The zero-order valence-electron chi connectivity index (χ0n) is 17.3. The lowest BCUT2D eigenvalue weighted by Crippen LogP contribution is -2.38. The van der Waals surface area contributed by atoms with E-state index in [0.717, 1.165) is 41.7 Å². The Kier molecular flexibility index (Phi) is 7.60. The molecule has 1 aromatic carbocycles. The standard InChI is InChI=1S/C21H29N5O2S/c1-15-25-18(14-29-15)13-26(3)21(22-2)24-11-16-6-4-7-17(10-16)20(27)23-12-19-8-5-9-28-19/h4,6-7,10,14,19H,5,8-9,11-13H2,1-3H3,(H,22,24)(H,23,27). The molecule has 1 saturated heterocycles. The second-order valence-corrected chi connectivity index (χ2v) is 8.22. The van der Waals surface area contributed by atoms with Crippen LogP contribution in [0.5, 0.6) is 0 Å². The molecule has 1 aliphatic heterocycles. The minimum Gasteiger partial charge on any atom is -0.376 e. The number of rotatable bonds is 7. The zero-order valence-corrected chi connectivity index (χ0v) is 18.1.